The van der Waals surface area contributed by atoms with Crippen LogP contribution in [0, 0.1) is 5.92 Å². The first-order valence-corrected chi connectivity index (χ1v) is 6.43. The highest BCUT2D eigenvalue weighted by Gasteiger charge is 2.31. The molecule has 0 aliphatic carbocycles. The second kappa shape index (κ2) is 5.56. The van der Waals surface area contributed by atoms with Crippen molar-refractivity contribution in [2.45, 2.75) is 25.9 Å². The average molecular weight is 256 g/mol. The van der Waals surface area contributed by atoms with E-state index in [-0.39, 0.29) is 18.6 Å². The third-order valence-corrected chi connectivity index (χ3v) is 3.51. The van der Waals surface area contributed by atoms with Crippen molar-refractivity contribution in [2.24, 2.45) is 5.92 Å². The molecule has 18 heavy (non-hydrogen) atoms. The smallest absolute Gasteiger partial charge is 0.320 e. The van der Waals surface area contributed by atoms with Gasteiger partial charge in [-0.3, -0.25) is 4.79 Å². The van der Waals surface area contributed by atoms with Crippen molar-refractivity contribution < 1.29 is 19.4 Å². The summed E-state index contributed by atoms with van der Waals surface area (Å²) in [6, 6.07) is 0.0260. The minimum atomic E-state index is -0.885. The third kappa shape index (κ3) is 3.13. The molecule has 0 aromatic carbocycles. The number of rotatable bonds is 2. The molecule has 2 atom stereocenters. The van der Waals surface area contributed by atoms with Crippen molar-refractivity contribution in [2.75, 3.05) is 32.8 Å². The molecule has 102 valence electrons. The molecule has 6 heteroatoms. The second-order valence-electron chi connectivity index (χ2n) is 5.16. The summed E-state index contributed by atoms with van der Waals surface area (Å²) in [4.78, 5) is 26.4. The number of carbonyl (C=O) groups is 2. The number of carbonyl (C=O) groups excluding carboxylic acids is 1. The summed E-state index contributed by atoms with van der Waals surface area (Å²) in [6.45, 7) is 5.11. The fourth-order valence-electron chi connectivity index (χ4n) is 2.52. The molecule has 0 bridgehead atoms. The van der Waals surface area contributed by atoms with Gasteiger partial charge in [-0.15, -0.1) is 0 Å². The van der Waals surface area contributed by atoms with Crippen molar-refractivity contribution in [3.63, 3.8) is 0 Å². The molecule has 2 aliphatic heterocycles. The predicted molar refractivity (Wildman–Crippen MR) is 64.3 cm³/mol. The summed E-state index contributed by atoms with van der Waals surface area (Å²) < 4.78 is 5.36. The molecular formula is C12H20N2O4. The van der Waals surface area contributed by atoms with Crippen LogP contribution in [0.3, 0.4) is 0 Å². The van der Waals surface area contributed by atoms with Gasteiger partial charge in [0.1, 0.15) is 0 Å². The van der Waals surface area contributed by atoms with E-state index in [4.69, 9.17) is 9.84 Å². The van der Waals surface area contributed by atoms with Gasteiger partial charge in [0.25, 0.3) is 0 Å². The Labute approximate surface area is 106 Å². The van der Waals surface area contributed by atoms with Gasteiger partial charge in [0.05, 0.1) is 19.1 Å². The van der Waals surface area contributed by atoms with Gasteiger partial charge >= 0.3 is 12.0 Å². The number of ether oxygens (including phenoxy) is 1. The minimum absolute atomic E-state index is 0.0260. The van der Waals surface area contributed by atoms with Gasteiger partial charge in [0, 0.05) is 26.2 Å². The number of urea groups is 1. The van der Waals surface area contributed by atoms with Crippen LogP contribution < -0.4 is 0 Å². The molecule has 2 amide bonds. The number of hydrogen-bond donors (Lipinski definition) is 1. The van der Waals surface area contributed by atoms with Gasteiger partial charge in [0.15, 0.2) is 0 Å². The van der Waals surface area contributed by atoms with Crippen LogP contribution in [0.5, 0.6) is 0 Å². The molecule has 0 radical (unpaired) electrons. The van der Waals surface area contributed by atoms with Gasteiger partial charge < -0.3 is 19.6 Å². The first kappa shape index (κ1) is 13.1. The molecule has 2 fully saturated rings. The normalized spacial score (nSPS) is 28.5. The Kier molecular flexibility index (Phi) is 4.06. The second-order valence-corrected chi connectivity index (χ2v) is 5.16. The number of amides is 2. The van der Waals surface area contributed by atoms with Crippen molar-refractivity contribution >= 4 is 12.0 Å². The van der Waals surface area contributed by atoms with E-state index in [0.717, 1.165) is 19.5 Å². The largest absolute Gasteiger partial charge is 0.481 e. The first-order chi connectivity index (χ1) is 8.56. The maximum absolute atomic E-state index is 12.2. The van der Waals surface area contributed by atoms with Crippen molar-refractivity contribution in [1.29, 1.82) is 0 Å². The van der Waals surface area contributed by atoms with Gasteiger partial charge in [-0.25, -0.2) is 4.79 Å². The number of aliphatic carboxylic acids is 1. The van der Waals surface area contributed by atoms with Gasteiger partial charge in [0.2, 0.25) is 0 Å². The summed E-state index contributed by atoms with van der Waals surface area (Å²) in [5.41, 5.74) is 0. The van der Waals surface area contributed by atoms with Crippen LogP contribution in [-0.2, 0) is 9.53 Å². The van der Waals surface area contributed by atoms with Crippen molar-refractivity contribution in [3.8, 4) is 0 Å². The van der Waals surface area contributed by atoms with Crippen molar-refractivity contribution in [3.05, 3.63) is 0 Å². The zero-order chi connectivity index (χ0) is 13.1. The van der Waals surface area contributed by atoms with Crippen LogP contribution in [0.15, 0.2) is 0 Å². The zero-order valence-corrected chi connectivity index (χ0v) is 10.7. The molecular weight excluding hydrogens is 236 g/mol. The molecule has 1 N–H and O–H groups in total. The molecule has 0 aromatic rings. The van der Waals surface area contributed by atoms with E-state index in [1.165, 1.54) is 0 Å². The van der Waals surface area contributed by atoms with Crippen LogP contribution in [0.25, 0.3) is 0 Å². The number of carboxylic acids is 1. The van der Waals surface area contributed by atoms with Crippen LogP contribution in [0.2, 0.25) is 0 Å². The quantitative estimate of drug-likeness (QED) is 0.786. The highest BCUT2D eigenvalue weighted by Crippen LogP contribution is 2.18. The molecule has 2 aliphatic rings. The standard InChI is InChI=1S/C12H20N2O4/c1-9-2-3-13(7-9)12(17)14-4-5-18-10(8-14)6-11(15)16/h9-10H,2-8H2,1H3,(H,15,16). The van der Waals surface area contributed by atoms with Crippen LogP contribution in [0.4, 0.5) is 4.79 Å². The van der Waals surface area contributed by atoms with Gasteiger partial charge in [-0.1, -0.05) is 6.92 Å². The number of carboxylic acid groups (broad SMARTS) is 1. The minimum Gasteiger partial charge on any atom is -0.481 e. The topological polar surface area (TPSA) is 70.1 Å². The SMILES string of the molecule is CC1CCN(C(=O)N2CCOC(CC(=O)O)C2)C1. The van der Waals surface area contributed by atoms with Crippen LogP contribution in [-0.4, -0.2) is 65.8 Å². The van der Waals surface area contributed by atoms with Gasteiger partial charge in [-0.05, 0) is 12.3 Å². The van der Waals surface area contributed by atoms with Crippen molar-refractivity contribution in [1.82, 2.24) is 9.80 Å². The number of nitrogens with zero attached hydrogens (tertiary/aromatic N) is 2. The summed E-state index contributed by atoms with van der Waals surface area (Å²) >= 11 is 0. The Morgan fingerprint density at radius 1 is 1.28 bits per heavy atom. The highest BCUT2D eigenvalue weighted by atomic mass is 16.5. The molecule has 2 unspecified atom stereocenters. The molecule has 2 saturated heterocycles. The molecule has 2 heterocycles. The fourth-order valence-corrected chi connectivity index (χ4v) is 2.52. The third-order valence-electron chi connectivity index (χ3n) is 3.51. The molecule has 0 saturated carbocycles. The number of hydrogen-bond acceptors (Lipinski definition) is 3. The Balaban J connectivity index is 1.88. The number of morpholine rings is 1. The van der Waals surface area contributed by atoms with Crippen LogP contribution >= 0.6 is 0 Å². The van der Waals surface area contributed by atoms with E-state index in [1.807, 2.05) is 4.90 Å². The summed E-state index contributed by atoms with van der Waals surface area (Å²) in [5, 5.41) is 8.74. The van der Waals surface area contributed by atoms with E-state index < -0.39 is 5.97 Å². The molecule has 6 nitrogen and oxygen atoms in total. The lowest BCUT2D eigenvalue weighted by Crippen LogP contribution is -2.50. The van der Waals surface area contributed by atoms with Gasteiger partial charge in [-0.2, -0.15) is 0 Å². The Bertz CT molecular complexity index is 334. The lowest BCUT2D eigenvalue weighted by molar-refractivity contribution is -0.141. The summed E-state index contributed by atoms with van der Waals surface area (Å²) in [5.74, 6) is -0.325. The van der Waals surface area contributed by atoms with E-state index in [0.29, 0.717) is 25.6 Å². The van der Waals surface area contributed by atoms with E-state index in [1.54, 1.807) is 4.90 Å². The Morgan fingerprint density at radius 3 is 2.61 bits per heavy atom. The molecule has 2 rings (SSSR count). The highest BCUT2D eigenvalue weighted by molar-refractivity contribution is 5.75. The van der Waals surface area contributed by atoms with E-state index in [9.17, 15) is 9.59 Å². The summed E-state index contributed by atoms with van der Waals surface area (Å²) in [7, 11) is 0. The first-order valence-electron chi connectivity index (χ1n) is 6.43. The number of likely N-dealkylation sites (tertiary alicyclic amines) is 1. The fraction of sp³-hybridized carbons (Fsp3) is 0.833. The predicted octanol–water partition coefficient (Wildman–Crippen LogP) is 0.624. The molecule has 0 spiro atoms. The lowest BCUT2D eigenvalue weighted by Gasteiger charge is -2.34. The average Bonchev–Trinajstić information content (AvgIpc) is 2.74. The zero-order valence-electron chi connectivity index (χ0n) is 10.7. The molecule has 0 aromatic heterocycles. The maximum Gasteiger partial charge on any atom is 0.320 e. The summed E-state index contributed by atoms with van der Waals surface area (Å²) in [6.07, 6.45) is 0.634. The lowest BCUT2D eigenvalue weighted by atomic mass is 10.2. The van der Waals surface area contributed by atoms with E-state index >= 15 is 0 Å². The Morgan fingerprint density at radius 2 is 2.00 bits per heavy atom. The van der Waals surface area contributed by atoms with E-state index in [2.05, 4.69) is 6.92 Å². The maximum atomic E-state index is 12.2. The van der Waals surface area contributed by atoms with Crippen LogP contribution in [0.1, 0.15) is 19.8 Å². The Hall–Kier alpha value is -1.30. The monoisotopic (exact) mass is 256 g/mol.